The molecular weight excluding hydrogens is 533 g/mol. The Morgan fingerprint density at radius 1 is 1.10 bits per heavy atom. The van der Waals surface area contributed by atoms with E-state index in [1.807, 2.05) is 32.9 Å². The zero-order valence-corrected chi connectivity index (χ0v) is 25.0. The summed E-state index contributed by atoms with van der Waals surface area (Å²) in [6, 6.07) is 6.46. The summed E-state index contributed by atoms with van der Waals surface area (Å²) in [7, 11) is 0. The molecule has 9 heteroatoms. The quantitative estimate of drug-likeness (QED) is 0.378. The first-order chi connectivity index (χ1) is 18.5. The molecule has 2 N–H and O–H groups in total. The van der Waals surface area contributed by atoms with Crippen molar-refractivity contribution in [3.8, 4) is 0 Å². The summed E-state index contributed by atoms with van der Waals surface area (Å²) in [6.45, 7) is 12.0. The molecule has 5 rings (SSSR count). The average Bonchev–Trinajstić information content (AvgIpc) is 2.89. The van der Waals surface area contributed by atoms with Crippen LogP contribution < -0.4 is 10.2 Å². The predicted octanol–water partition coefficient (Wildman–Crippen LogP) is 6.76. The van der Waals surface area contributed by atoms with Crippen molar-refractivity contribution in [2.45, 2.75) is 78.3 Å². The van der Waals surface area contributed by atoms with Crippen molar-refractivity contribution in [1.82, 2.24) is 14.9 Å². The highest BCUT2D eigenvalue weighted by molar-refractivity contribution is 6.33. The lowest BCUT2D eigenvalue weighted by Gasteiger charge is -2.51. The number of rotatable bonds is 7. The molecule has 1 aromatic carbocycles. The molecule has 0 unspecified atom stereocenters. The second-order valence-electron chi connectivity index (χ2n) is 12.3. The summed E-state index contributed by atoms with van der Waals surface area (Å²) in [6.07, 6.45) is 6.30. The van der Waals surface area contributed by atoms with Crippen LogP contribution in [0, 0.1) is 31.1 Å². The third-order valence-corrected chi connectivity index (χ3v) is 10.1. The second kappa shape index (κ2) is 11.4. The molecule has 2 aromatic rings. The van der Waals surface area contributed by atoms with Crippen molar-refractivity contribution in [2.75, 3.05) is 36.4 Å². The number of hydrogen-bond donors (Lipinski definition) is 2. The molecule has 3 fully saturated rings. The Balaban J connectivity index is 1.20. The molecular formula is C30H41Cl2N5O2. The molecule has 3 heterocycles. The number of nitrogens with zero attached hydrogens (tertiary/aromatic N) is 4. The number of benzene rings is 1. The van der Waals surface area contributed by atoms with Gasteiger partial charge in [0.1, 0.15) is 5.02 Å². The maximum absolute atomic E-state index is 11.5. The third kappa shape index (κ3) is 6.01. The number of anilines is 2. The van der Waals surface area contributed by atoms with Gasteiger partial charge in [0.2, 0.25) is 5.95 Å². The van der Waals surface area contributed by atoms with Crippen LogP contribution in [0.15, 0.2) is 18.2 Å². The van der Waals surface area contributed by atoms with E-state index in [4.69, 9.17) is 33.2 Å². The number of carbonyl (C=O) groups is 1. The summed E-state index contributed by atoms with van der Waals surface area (Å²) in [5.74, 6) is 2.09. The lowest BCUT2D eigenvalue weighted by Crippen LogP contribution is -2.56. The van der Waals surface area contributed by atoms with Crippen LogP contribution in [0.2, 0.25) is 10.0 Å². The standard InChI is InChI=1S/C30H41Cl2N5O2/c1-18-7-8-24(25(31)14-18)19(2)33-27-26(32)20(3)34-29(35-27)36-12-9-21(10-13-36)22-6-5-11-37(17-22)23-15-30(4,16-23)28(38)39/h7-8,14,19,21-23H,5-6,9-13,15-17H2,1-4H3,(H,38,39)(H,33,34,35)/t19-,22+,23-,30-/m1/s1. The Morgan fingerprint density at radius 3 is 2.49 bits per heavy atom. The zero-order valence-electron chi connectivity index (χ0n) is 23.5. The summed E-state index contributed by atoms with van der Waals surface area (Å²) >= 11 is 13.2. The Morgan fingerprint density at radius 2 is 1.82 bits per heavy atom. The van der Waals surface area contributed by atoms with Crippen LogP contribution in [0.5, 0.6) is 0 Å². The largest absolute Gasteiger partial charge is 0.481 e. The minimum absolute atomic E-state index is 0.0539. The van der Waals surface area contributed by atoms with Crippen LogP contribution in [-0.4, -0.2) is 58.2 Å². The molecule has 1 aliphatic carbocycles. The second-order valence-corrected chi connectivity index (χ2v) is 13.1. The molecule has 1 aromatic heterocycles. The van der Waals surface area contributed by atoms with Crippen molar-refractivity contribution in [1.29, 1.82) is 0 Å². The Bertz CT molecular complexity index is 1210. The molecule has 0 spiro atoms. The van der Waals surface area contributed by atoms with Gasteiger partial charge in [-0.25, -0.2) is 4.98 Å². The minimum atomic E-state index is -0.647. The minimum Gasteiger partial charge on any atom is -0.481 e. The Kier molecular flexibility index (Phi) is 8.33. The van der Waals surface area contributed by atoms with Crippen molar-refractivity contribution in [2.24, 2.45) is 17.3 Å². The van der Waals surface area contributed by atoms with E-state index in [2.05, 4.69) is 28.1 Å². The number of aromatic nitrogens is 2. The van der Waals surface area contributed by atoms with Gasteiger partial charge in [-0.05, 0) is 102 Å². The van der Waals surface area contributed by atoms with Gasteiger partial charge in [0.05, 0.1) is 17.2 Å². The lowest BCUT2D eigenvalue weighted by molar-refractivity contribution is -0.158. The van der Waals surface area contributed by atoms with Gasteiger partial charge in [-0.15, -0.1) is 0 Å². The van der Waals surface area contributed by atoms with Gasteiger partial charge < -0.3 is 20.2 Å². The van der Waals surface area contributed by atoms with Crippen LogP contribution in [0.4, 0.5) is 11.8 Å². The van der Waals surface area contributed by atoms with Crippen LogP contribution in [-0.2, 0) is 4.79 Å². The molecule has 0 amide bonds. The number of aliphatic carboxylic acids is 1. The molecule has 2 aliphatic heterocycles. The number of hydrogen-bond acceptors (Lipinski definition) is 6. The van der Waals surface area contributed by atoms with Gasteiger partial charge in [0, 0.05) is 30.7 Å². The van der Waals surface area contributed by atoms with Crippen LogP contribution in [0.25, 0.3) is 0 Å². The van der Waals surface area contributed by atoms with Gasteiger partial charge in [-0.1, -0.05) is 35.3 Å². The van der Waals surface area contributed by atoms with Crippen molar-refractivity contribution in [3.05, 3.63) is 45.1 Å². The fraction of sp³-hybridized carbons (Fsp3) is 0.633. The highest BCUT2D eigenvalue weighted by Crippen LogP contribution is 2.45. The number of piperidine rings is 2. The van der Waals surface area contributed by atoms with Gasteiger partial charge in [-0.2, -0.15) is 4.98 Å². The van der Waals surface area contributed by atoms with Gasteiger partial charge in [0.25, 0.3) is 0 Å². The van der Waals surface area contributed by atoms with Crippen molar-refractivity contribution in [3.63, 3.8) is 0 Å². The Hall–Kier alpha value is -2.09. The molecule has 0 radical (unpaired) electrons. The van der Waals surface area contributed by atoms with Crippen LogP contribution >= 0.6 is 23.2 Å². The van der Waals surface area contributed by atoms with Gasteiger partial charge >= 0.3 is 5.97 Å². The number of carboxylic acids is 1. The summed E-state index contributed by atoms with van der Waals surface area (Å²) in [5, 5.41) is 14.2. The summed E-state index contributed by atoms with van der Waals surface area (Å²) < 4.78 is 0. The lowest BCUT2D eigenvalue weighted by atomic mass is 9.65. The van der Waals surface area contributed by atoms with E-state index < -0.39 is 11.4 Å². The van der Waals surface area contributed by atoms with E-state index in [0.717, 1.165) is 79.7 Å². The summed E-state index contributed by atoms with van der Waals surface area (Å²) in [4.78, 5) is 26.0. The number of halogens is 2. The van der Waals surface area contributed by atoms with Crippen LogP contribution in [0.3, 0.4) is 0 Å². The van der Waals surface area contributed by atoms with E-state index in [9.17, 15) is 9.90 Å². The fourth-order valence-corrected chi connectivity index (χ4v) is 7.33. The van der Waals surface area contributed by atoms with E-state index in [1.165, 1.54) is 12.8 Å². The third-order valence-electron chi connectivity index (χ3n) is 9.36. The molecule has 2 saturated heterocycles. The molecule has 7 nitrogen and oxygen atoms in total. The molecule has 2 atom stereocenters. The molecule has 3 aliphatic rings. The van der Waals surface area contributed by atoms with Gasteiger partial charge in [0.15, 0.2) is 5.82 Å². The van der Waals surface area contributed by atoms with Crippen LogP contribution in [0.1, 0.15) is 75.2 Å². The number of likely N-dealkylation sites (tertiary alicyclic amines) is 1. The smallest absolute Gasteiger partial charge is 0.309 e. The highest BCUT2D eigenvalue weighted by atomic mass is 35.5. The number of aryl methyl sites for hydroxylation is 2. The van der Waals surface area contributed by atoms with Gasteiger partial charge in [-0.3, -0.25) is 4.79 Å². The normalized spacial score (nSPS) is 27.2. The van der Waals surface area contributed by atoms with Crippen molar-refractivity contribution < 1.29 is 9.90 Å². The first-order valence-corrected chi connectivity index (χ1v) is 15.1. The zero-order chi connectivity index (χ0) is 27.9. The molecule has 39 heavy (non-hydrogen) atoms. The monoisotopic (exact) mass is 573 g/mol. The Labute approximate surface area is 242 Å². The first kappa shape index (κ1) is 28.4. The van der Waals surface area contributed by atoms with E-state index >= 15 is 0 Å². The predicted molar refractivity (Wildman–Crippen MR) is 158 cm³/mol. The number of carboxylic acid groups (broad SMARTS) is 1. The fourth-order valence-electron chi connectivity index (χ4n) is 6.79. The average molecular weight is 575 g/mol. The highest BCUT2D eigenvalue weighted by Gasteiger charge is 2.49. The van der Waals surface area contributed by atoms with E-state index in [1.54, 1.807) is 0 Å². The van der Waals surface area contributed by atoms with Crippen molar-refractivity contribution >= 4 is 40.9 Å². The summed E-state index contributed by atoms with van der Waals surface area (Å²) in [5.41, 5.74) is 2.37. The molecule has 0 bridgehead atoms. The SMILES string of the molecule is Cc1ccc([C@@H](C)Nc2nc(N3CCC([C@H]4CCCN([C@H]5C[C@](C)(C(=O)O)C5)C4)CC3)nc(C)c2Cl)c(Cl)c1. The maximum atomic E-state index is 11.5. The topological polar surface area (TPSA) is 81.6 Å². The first-order valence-electron chi connectivity index (χ1n) is 14.3. The number of nitrogens with one attached hydrogen (secondary N) is 1. The maximum Gasteiger partial charge on any atom is 0.309 e. The van der Waals surface area contributed by atoms with E-state index in [-0.39, 0.29) is 6.04 Å². The molecule has 212 valence electrons. The van der Waals surface area contributed by atoms with E-state index in [0.29, 0.717) is 28.7 Å². The molecule has 1 saturated carbocycles.